The van der Waals surface area contributed by atoms with Gasteiger partial charge in [-0.05, 0) is 61.4 Å². The summed E-state index contributed by atoms with van der Waals surface area (Å²) in [5.74, 6) is 0.380. The number of hydrogen-bond donors (Lipinski definition) is 0. The Kier molecular flexibility index (Phi) is 5.20. The molecule has 0 bridgehead atoms. The Bertz CT molecular complexity index is 1010. The predicted octanol–water partition coefficient (Wildman–Crippen LogP) is 3.49. The first-order valence-electron chi connectivity index (χ1n) is 11.5. The van der Waals surface area contributed by atoms with E-state index in [4.69, 9.17) is 0 Å². The molecular formula is C26H31N3O2. The van der Waals surface area contributed by atoms with Crippen LogP contribution in [-0.2, 0) is 16.0 Å². The van der Waals surface area contributed by atoms with E-state index in [1.807, 2.05) is 28.0 Å². The third-order valence-electron chi connectivity index (χ3n) is 7.02. The Hall–Kier alpha value is -2.82. The molecule has 1 saturated carbocycles. The van der Waals surface area contributed by atoms with E-state index in [1.165, 1.54) is 22.4 Å². The molecule has 2 heterocycles. The van der Waals surface area contributed by atoms with E-state index in [9.17, 15) is 9.59 Å². The Labute approximate surface area is 184 Å². The largest absolute Gasteiger partial charge is 0.368 e. The molecule has 5 nitrogen and oxygen atoms in total. The number of benzene rings is 2. The summed E-state index contributed by atoms with van der Waals surface area (Å²) in [7, 11) is 0. The van der Waals surface area contributed by atoms with E-state index in [-0.39, 0.29) is 17.7 Å². The number of fused-ring (bicyclic) bond motifs is 1. The molecule has 1 aliphatic carbocycles. The van der Waals surface area contributed by atoms with Gasteiger partial charge in [0.05, 0.1) is 0 Å². The minimum absolute atomic E-state index is 0.0850. The van der Waals surface area contributed by atoms with Gasteiger partial charge in [-0.15, -0.1) is 0 Å². The van der Waals surface area contributed by atoms with E-state index in [0.29, 0.717) is 19.6 Å². The maximum absolute atomic E-state index is 13.8. The molecule has 2 aromatic rings. The van der Waals surface area contributed by atoms with Crippen LogP contribution in [0.4, 0.5) is 5.69 Å². The Morgan fingerprint density at radius 3 is 2.35 bits per heavy atom. The van der Waals surface area contributed by atoms with Crippen molar-refractivity contribution in [2.24, 2.45) is 5.92 Å². The summed E-state index contributed by atoms with van der Waals surface area (Å²) in [6, 6.07) is 14.2. The van der Waals surface area contributed by atoms with Crippen LogP contribution in [0, 0.1) is 19.8 Å². The molecule has 1 saturated heterocycles. The molecule has 3 aliphatic rings. The predicted molar refractivity (Wildman–Crippen MR) is 122 cm³/mol. The standard InChI is InChI=1S/C26H31N3O2/c1-18-7-8-19(2)23(17-18)27-13-15-28(16-14-27)26(31)24-22-6-4-3-5-20(22)11-12-29(24)25(30)21-9-10-21/h3-8,17,21,24H,9-16H2,1-2H3. The summed E-state index contributed by atoms with van der Waals surface area (Å²) < 4.78 is 0. The first-order chi connectivity index (χ1) is 15.0. The SMILES string of the molecule is Cc1ccc(C)c(N2CCN(C(=O)C3c4ccccc4CCN3C(=O)C3CC3)CC2)c1. The molecule has 0 aromatic heterocycles. The van der Waals surface area contributed by atoms with Crippen molar-refractivity contribution in [1.29, 1.82) is 0 Å². The molecule has 0 radical (unpaired) electrons. The maximum atomic E-state index is 13.8. The van der Waals surface area contributed by atoms with Crippen LogP contribution in [0.3, 0.4) is 0 Å². The molecule has 5 heteroatoms. The second kappa shape index (κ2) is 8.03. The van der Waals surface area contributed by atoms with Crippen LogP contribution < -0.4 is 4.90 Å². The molecule has 0 N–H and O–H groups in total. The van der Waals surface area contributed by atoms with E-state index in [0.717, 1.165) is 37.9 Å². The molecule has 1 unspecified atom stereocenters. The fourth-order valence-electron chi connectivity index (χ4n) is 5.04. The number of rotatable bonds is 3. The lowest BCUT2D eigenvalue weighted by atomic mass is 9.91. The zero-order valence-corrected chi connectivity index (χ0v) is 18.5. The summed E-state index contributed by atoms with van der Waals surface area (Å²) >= 11 is 0. The minimum Gasteiger partial charge on any atom is -0.368 e. The van der Waals surface area contributed by atoms with Crippen molar-refractivity contribution in [2.75, 3.05) is 37.6 Å². The molecule has 1 atom stereocenters. The van der Waals surface area contributed by atoms with Crippen molar-refractivity contribution in [1.82, 2.24) is 9.80 Å². The lowest BCUT2D eigenvalue weighted by molar-refractivity contribution is -0.147. The number of amides is 2. The highest BCUT2D eigenvalue weighted by atomic mass is 16.2. The Morgan fingerprint density at radius 2 is 1.61 bits per heavy atom. The average Bonchev–Trinajstić information content (AvgIpc) is 3.65. The maximum Gasteiger partial charge on any atom is 0.250 e. The summed E-state index contributed by atoms with van der Waals surface area (Å²) in [5.41, 5.74) is 6.01. The van der Waals surface area contributed by atoms with Crippen LogP contribution in [0.25, 0.3) is 0 Å². The number of piperazine rings is 1. The van der Waals surface area contributed by atoms with Gasteiger partial charge in [0.1, 0.15) is 6.04 Å². The van der Waals surface area contributed by atoms with Crippen molar-refractivity contribution in [3.05, 3.63) is 64.7 Å². The summed E-state index contributed by atoms with van der Waals surface area (Å²) in [6.45, 7) is 7.93. The molecule has 2 fully saturated rings. The zero-order chi connectivity index (χ0) is 21.5. The van der Waals surface area contributed by atoms with Crippen LogP contribution in [0.1, 0.15) is 41.1 Å². The van der Waals surface area contributed by atoms with Crippen molar-refractivity contribution < 1.29 is 9.59 Å². The fourth-order valence-corrected chi connectivity index (χ4v) is 5.04. The van der Waals surface area contributed by atoms with Gasteiger partial charge in [0.15, 0.2) is 0 Å². The highest BCUT2D eigenvalue weighted by Gasteiger charge is 2.43. The highest BCUT2D eigenvalue weighted by molar-refractivity contribution is 5.91. The van der Waals surface area contributed by atoms with Gasteiger partial charge in [0.25, 0.3) is 0 Å². The van der Waals surface area contributed by atoms with Gasteiger partial charge >= 0.3 is 0 Å². The van der Waals surface area contributed by atoms with E-state index in [1.54, 1.807) is 0 Å². The average molecular weight is 418 g/mol. The summed E-state index contributed by atoms with van der Waals surface area (Å²) in [6.07, 6.45) is 2.76. The number of carbonyl (C=O) groups is 2. The number of anilines is 1. The lowest BCUT2D eigenvalue weighted by Gasteiger charge is -2.42. The second-order valence-corrected chi connectivity index (χ2v) is 9.26. The van der Waals surface area contributed by atoms with Crippen LogP contribution in [0.15, 0.2) is 42.5 Å². The van der Waals surface area contributed by atoms with Crippen LogP contribution >= 0.6 is 0 Å². The van der Waals surface area contributed by atoms with Crippen LogP contribution in [-0.4, -0.2) is 54.3 Å². The highest BCUT2D eigenvalue weighted by Crippen LogP contribution is 2.38. The molecule has 2 aliphatic heterocycles. The molecule has 0 spiro atoms. The molecule has 2 amide bonds. The second-order valence-electron chi connectivity index (χ2n) is 9.26. The lowest BCUT2D eigenvalue weighted by Crippen LogP contribution is -2.54. The minimum atomic E-state index is -0.467. The number of nitrogens with zero attached hydrogens (tertiary/aromatic N) is 3. The van der Waals surface area contributed by atoms with Gasteiger partial charge in [-0.1, -0.05) is 36.4 Å². The van der Waals surface area contributed by atoms with E-state index in [2.05, 4.69) is 43.0 Å². The van der Waals surface area contributed by atoms with Crippen molar-refractivity contribution >= 4 is 17.5 Å². The molecule has 5 rings (SSSR count). The summed E-state index contributed by atoms with van der Waals surface area (Å²) in [5, 5.41) is 0. The molecule has 31 heavy (non-hydrogen) atoms. The monoisotopic (exact) mass is 417 g/mol. The zero-order valence-electron chi connectivity index (χ0n) is 18.5. The Balaban J connectivity index is 1.36. The molecular weight excluding hydrogens is 386 g/mol. The molecule has 162 valence electrons. The number of hydrogen-bond acceptors (Lipinski definition) is 3. The van der Waals surface area contributed by atoms with Crippen molar-refractivity contribution in [3.63, 3.8) is 0 Å². The van der Waals surface area contributed by atoms with Gasteiger partial charge < -0.3 is 14.7 Å². The third kappa shape index (κ3) is 3.82. The van der Waals surface area contributed by atoms with Crippen molar-refractivity contribution in [3.8, 4) is 0 Å². The normalized spacial score (nSPS) is 21.1. The molecule has 2 aromatic carbocycles. The summed E-state index contributed by atoms with van der Waals surface area (Å²) in [4.78, 5) is 33.0. The quantitative estimate of drug-likeness (QED) is 0.768. The van der Waals surface area contributed by atoms with Gasteiger partial charge in [-0.2, -0.15) is 0 Å². The van der Waals surface area contributed by atoms with E-state index < -0.39 is 6.04 Å². The van der Waals surface area contributed by atoms with E-state index >= 15 is 0 Å². The van der Waals surface area contributed by atoms with Crippen molar-refractivity contribution in [2.45, 2.75) is 39.2 Å². The third-order valence-corrected chi connectivity index (χ3v) is 7.02. The number of carbonyl (C=O) groups excluding carboxylic acids is 2. The van der Waals surface area contributed by atoms with Crippen LogP contribution in [0.2, 0.25) is 0 Å². The van der Waals surface area contributed by atoms with Gasteiger partial charge in [0.2, 0.25) is 11.8 Å². The topological polar surface area (TPSA) is 43.9 Å². The van der Waals surface area contributed by atoms with Gasteiger partial charge in [0, 0.05) is 44.3 Å². The Morgan fingerprint density at radius 1 is 0.871 bits per heavy atom. The first kappa shape index (κ1) is 20.1. The van der Waals surface area contributed by atoms with Gasteiger partial charge in [-0.25, -0.2) is 0 Å². The smallest absolute Gasteiger partial charge is 0.250 e. The van der Waals surface area contributed by atoms with Gasteiger partial charge in [-0.3, -0.25) is 9.59 Å². The number of aryl methyl sites for hydroxylation is 2. The first-order valence-corrected chi connectivity index (χ1v) is 11.5. The fraction of sp³-hybridized carbons (Fsp3) is 0.462. The van der Waals surface area contributed by atoms with Crippen LogP contribution in [0.5, 0.6) is 0 Å².